The molecule has 0 N–H and O–H groups in total. The first kappa shape index (κ1) is 10.7. The van der Waals surface area contributed by atoms with Crippen LogP contribution in [0.3, 0.4) is 0 Å². The zero-order chi connectivity index (χ0) is 11.8. The molecule has 0 saturated carbocycles. The van der Waals surface area contributed by atoms with Crippen LogP contribution in [-0.4, -0.2) is 13.3 Å². The minimum absolute atomic E-state index is 0.985. The van der Waals surface area contributed by atoms with Gasteiger partial charge in [0.2, 0.25) is 0 Å². The molecule has 3 heteroatoms. The van der Waals surface area contributed by atoms with E-state index in [0.29, 0.717) is 0 Å². The highest BCUT2D eigenvalue weighted by atomic mass is 32.1. The van der Waals surface area contributed by atoms with E-state index in [1.807, 2.05) is 6.21 Å². The maximum Gasteiger partial charge on any atom is 0.0527 e. The highest BCUT2D eigenvalue weighted by molar-refractivity contribution is 7.27. The molecule has 0 radical (unpaired) electrons. The van der Waals surface area contributed by atoms with E-state index in [4.69, 9.17) is 0 Å². The lowest BCUT2D eigenvalue weighted by Gasteiger charge is -1.91. The Hall–Kier alpha value is -1.45. The Bertz CT molecular complexity index is 731. The first-order valence-electron chi connectivity index (χ1n) is 5.31. The largest absolute Gasteiger partial charge is 0.296 e. The predicted octanol–water partition coefficient (Wildman–Crippen LogP) is 4.83. The van der Waals surface area contributed by atoms with E-state index in [0.717, 1.165) is 5.57 Å². The smallest absolute Gasteiger partial charge is 0.0527 e. The fourth-order valence-corrected chi connectivity index (χ4v) is 4.06. The van der Waals surface area contributed by atoms with Gasteiger partial charge in [-0.1, -0.05) is 18.7 Å². The van der Waals surface area contributed by atoms with Gasteiger partial charge in [0.1, 0.15) is 0 Å². The molecule has 2 heterocycles. The number of hydrogen-bond acceptors (Lipinski definition) is 3. The van der Waals surface area contributed by atoms with E-state index in [1.165, 1.54) is 25.0 Å². The van der Waals surface area contributed by atoms with Gasteiger partial charge in [-0.15, -0.1) is 22.7 Å². The summed E-state index contributed by atoms with van der Waals surface area (Å²) in [6, 6.07) is 8.73. The summed E-state index contributed by atoms with van der Waals surface area (Å²) < 4.78 is 2.73. The van der Waals surface area contributed by atoms with Gasteiger partial charge in [-0.3, -0.25) is 4.99 Å². The Morgan fingerprint density at radius 3 is 2.88 bits per heavy atom. The first-order valence-corrected chi connectivity index (χ1v) is 7.00. The van der Waals surface area contributed by atoms with Crippen LogP contribution in [0.15, 0.2) is 41.2 Å². The standard InChI is InChI=1S/C14H11NS2/c1-9(8-15-2)12-7-11-4-3-10-5-6-16-13(10)14(11)17-12/h3-8H,1H2,2H3. The molecule has 0 atom stereocenters. The van der Waals surface area contributed by atoms with Gasteiger partial charge in [0.25, 0.3) is 0 Å². The molecular formula is C14H11NS2. The fraction of sp³-hybridized carbons (Fsp3) is 0.0714. The maximum absolute atomic E-state index is 4.04. The van der Waals surface area contributed by atoms with Crippen LogP contribution in [0.25, 0.3) is 25.7 Å². The SMILES string of the molecule is C=C(C=NC)c1cc2ccc3ccsc3c2s1. The molecule has 0 amide bonds. The van der Waals surface area contributed by atoms with Crippen molar-refractivity contribution in [1.82, 2.24) is 0 Å². The number of thiophene rings is 2. The molecule has 0 aliphatic rings. The average molecular weight is 257 g/mol. The van der Waals surface area contributed by atoms with Crippen molar-refractivity contribution in [1.29, 1.82) is 0 Å². The summed E-state index contributed by atoms with van der Waals surface area (Å²) in [6.07, 6.45) is 1.82. The van der Waals surface area contributed by atoms with Crippen molar-refractivity contribution in [3.05, 3.63) is 41.1 Å². The molecule has 0 unspecified atom stereocenters. The minimum Gasteiger partial charge on any atom is -0.296 e. The normalized spacial score (nSPS) is 11.8. The van der Waals surface area contributed by atoms with Crippen molar-refractivity contribution in [2.24, 2.45) is 4.99 Å². The maximum atomic E-state index is 4.04. The zero-order valence-corrected chi connectivity index (χ0v) is 11.1. The summed E-state index contributed by atoms with van der Waals surface area (Å²) in [7, 11) is 1.77. The van der Waals surface area contributed by atoms with Gasteiger partial charge >= 0.3 is 0 Å². The van der Waals surface area contributed by atoms with Crippen LogP contribution in [0, 0.1) is 0 Å². The third-order valence-corrected chi connectivity index (χ3v) is 5.03. The summed E-state index contributed by atoms with van der Waals surface area (Å²) in [6.45, 7) is 4.04. The van der Waals surface area contributed by atoms with Gasteiger partial charge < -0.3 is 0 Å². The first-order chi connectivity index (χ1) is 8.29. The number of hydrogen-bond donors (Lipinski definition) is 0. The van der Waals surface area contributed by atoms with Crippen molar-refractivity contribution in [3.8, 4) is 0 Å². The fourth-order valence-electron chi connectivity index (χ4n) is 1.90. The lowest BCUT2D eigenvalue weighted by atomic mass is 10.2. The second-order valence-corrected chi connectivity index (χ2v) is 5.81. The number of benzene rings is 1. The van der Waals surface area contributed by atoms with Gasteiger partial charge in [-0.25, -0.2) is 0 Å². The molecule has 0 aliphatic heterocycles. The second kappa shape index (κ2) is 4.09. The average Bonchev–Trinajstić information content (AvgIpc) is 2.94. The molecule has 3 aromatic rings. The Labute approximate surface area is 108 Å². The summed E-state index contributed by atoms with van der Waals surface area (Å²) in [5.41, 5.74) is 0.985. The van der Waals surface area contributed by atoms with Crippen molar-refractivity contribution >= 4 is 54.6 Å². The van der Waals surface area contributed by atoms with Crippen LogP contribution >= 0.6 is 22.7 Å². The van der Waals surface area contributed by atoms with Crippen molar-refractivity contribution in [3.63, 3.8) is 0 Å². The van der Waals surface area contributed by atoms with E-state index in [-0.39, 0.29) is 0 Å². The van der Waals surface area contributed by atoms with E-state index < -0.39 is 0 Å². The number of nitrogens with zero attached hydrogens (tertiary/aromatic N) is 1. The summed E-state index contributed by atoms with van der Waals surface area (Å²) >= 11 is 3.60. The predicted molar refractivity (Wildman–Crippen MR) is 80.7 cm³/mol. The molecular weight excluding hydrogens is 246 g/mol. The quantitative estimate of drug-likeness (QED) is 0.583. The van der Waals surface area contributed by atoms with Crippen LogP contribution in [0.1, 0.15) is 4.88 Å². The molecule has 0 fully saturated rings. The van der Waals surface area contributed by atoms with Crippen LogP contribution in [0.2, 0.25) is 0 Å². The number of rotatable bonds is 2. The number of fused-ring (bicyclic) bond motifs is 3. The van der Waals surface area contributed by atoms with Gasteiger partial charge in [0.05, 0.1) is 9.40 Å². The molecule has 84 valence electrons. The Balaban J connectivity index is 2.27. The molecule has 0 bridgehead atoms. The van der Waals surface area contributed by atoms with Crippen LogP contribution in [0.4, 0.5) is 0 Å². The Morgan fingerprint density at radius 2 is 2.06 bits per heavy atom. The van der Waals surface area contributed by atoms with Crippen molar-refractivity contribution in [2.75, 3.05) is 7.05 Å². The van der Waals surface area contributed by atoms with Gasteiger partial charge in [-0.2, -0.15) is 0 Å². The molecule has 3 rings (SSSR count). The van der Waals surface area contributed by atoms with Crippen molar-refractivity contribution in [2.45, 2.75) is 0 Å². The molecule has 0 spiro atoms. The third-order valence-electron chi connectivity index (χ3n) is 2.71. The summed E-state index contributed by atoms with van der Waals surface area (Å²) in [5, 5.41) is 4.77. The van der Waals surface area contributed by atoms with Crippen LogP contribution in [-0.2, 0) is 0 Å². The molecule has 0 saturated heterocycles. The molecule has 0 aliphatic carbocycles. The summed E-state index contributed by atoms with van der Waals surface area (Å²) in [5.74, 6) is 0. The summed E-state index contributed by atoms with van der Waals surface area (Å²) in [4.78, 5) is 5.22. The van der Waals surface area contributed by atoms with Crippen molar-refractivity contribution < 1.29 is 0 Å². The van der Waals surface area contributed by atoms with Crippen LogP contribution < -0.4 is 0 Å². The Morgan fingerprint density at radius 1 is 1.24 bits per heavy atom. The third kappa shape index (κ3) is 1.72. The molecule has 17 heavy (non-hydrogen) atoms. The van der Waals surface area contributed by atoms with E-state index in [1.54, 1.807) is 29.7 Å². The topological polar surface area (TPSA) is 12.4 Å². The highest BCUT2D eigenvalue weighted by Gasteiger charge is 2.07. The second-order valence-electron chi connectivity index (χ2n) is 3.85. The molecule has 2 aromatic heterocycles. The highest BCUT2D eigenvalue weighted by Crippen LogP contribution is 2.37. The zero-order valence-electron chi connectivity index (χ0n) is 9.43. The monoisotopic (exact) mass is 257 g/mol. The number of allylic oxidation sites excluding steroid dienone is 1. The number of aliphatic imine (C=N–C) groups is 1. The van der Waals surface area contributed by atoms with Gasteiger partial charge in [-0.05, 0) is 28.3 Å². The molecule has 1 aromatic carbocycles. The minimum atomic E-state index is 0.985. The van der Waals surface area contributed by atoms with E-state index >= 15 is 0 Å². The van der Waals surface area contributed by atoms with Crippen LogP contribution in [0.5, 0.6) is 0 Å². The van der Waals surface area contributed by atoms with E-state index in [2.05, 4.69) is 41.2 Å². The molecule has 1 nitrogen and oxygen atoms in total. The lowest BCUT2D eigenvalue weighted by molar-refractivity contribution is 1.48. The van der Waals surface area contributed by atoms with Gasteiger partial charge in [0, 0.05) is 23.7 Å². The van der Waals surface area contributed by atoms with Gasteiger partial charge in [0.15, 0.2) is 0 Å². The lowest BCUT2D eigenvalue weighted by Crippen LogP contribution is -1.76. The van der Waals surface area contributed by atoms with E-state index in [9.17, 15) is 0 Å². The Kier molecular flexibility index (Phi) is 2.57.